The fourth-order valence-corrected chi connectivity index (χ4v) is 4.11. The van der Waals surface area contributed by atoms with Gasteiger partial charge >= 0.3 is 0 Å². The molecule has 0 saturated carbocycles. The van der Waals surface area contributed by atoms with E-state index in [1.54, 1.807) is 0 Å². The van der Waals surface area contributed by atoms with Crippen molar-refractivity contribution in [1.29, 1.82) is 0 Å². The molecule has 2 saturated heterocycles. The van der Waals surface area contributed by atoms with Crippen LogP contribution in [0.3, 0.4) is 0 Å². The van der Waals surface area contributed by atoms with Crippen molar-refractivity contribution in [3.8, 4) is 0 Å². The normalized spacial score (nSPS) is 29.7. The molecule has 2 aromatic rings. The lowest BCUT2D eigenvalue weighted by molar-refractivity contribution is -0.244. The first-order chi connectivity index (χ1) is 13.0. The van der Waals surface area contributed by atoms with Crippen LogP contribution in [0.25, 0.3) is 0 Å². The standard InChI is InChI=1S/C22H25NO4.ClH/c1-21-15-23(13-12-20(24)18-10-6-3-7-11-18)19(17-8-4-2-5-9-17)14-22(21,25)27-16-26-21;/h2-11,19,25H,12-16H2,1H3;1H. The zero-order valence-corrected chi connectivity index (χ0v) is 16.7. The van der Waals surface area contributed by atoms with Gasteiger partial charge in [-0.25, -0.2) is 0 Å². The topological polar surface area (TPSA) is 59.0 Å². The van der Waals surface area contributed by atoms with Crippen molar-refractivity contribution in [1.82, 2.24) is 4.90 Å². The molecule has 0 bridgehead atoms. The molecule has 1 N–H and O–H groups in total. The SMILES string of the molecule is CC12CN(CCC(=O)c3ccccc3)C(c3ccccc3)CC1(O)OCO2.Cl. The lowest BCUT2D eigenvalue weighted by Gasteiger charge is -2.49. The van der Waals surface area contributed by atoms with Gasteiger partial charge in [0.1, 0.15) is 5.60 Å². The summed E-state index contributed by atoms with van der Waals surface area (Å²) in [5.41, 5.74) is 1.04. The van der Waals surface area contributed by atoms with Gasteiger partial charge in [0.25, 0.3) is 0 Å². The van der Waals surface area contributed by atoms with Gasteiger partial charge in [-0.3, -0.25) is 9.69 Å². The number of fused-ring (bicyclic) bond motifs is 1. The minimum atomic E-state index is -1.31. The predicted molar refractivity (Wildman–Crippen MR) is 108 cm³/mol. The van der Waals surface area contributed by atoms with Crippen LogP contribution in [0.1, 0.15) is 41.7 Å². The molecule has 6 heteroatoms. The summed E-state index contributed by atoms with van der Waals surface area (Å²) in [4.78, 5) is 14.8. The van der Waals surface area contributed by atoms with E-state index >= 15 is 0 Å². The van der Waals surface area contributed by atoms with Gasteiger partial charge in [0, 0.05) is 37.5 Å². The predicted octanol–water partition coefficient (Wildman–Crippen LogP) is 3.58. The number of piperidine rings is 1. The summed E-state index contributed by atoms with van der Waals surface area (Å²) in [5.74, 6) is -1.19. The molecule has 0 spiro atoms. The van der Waals surface area contributed by atoms with Gasteiger partial charge in [-0.15, -0.1) is 12.4 Å². The number of aliphatic hydroxyl groups is 1. The Morgan fingerprint density at radius 1 is 1.11 bits per heavy atom. The van der Waals surface area contributed by atoms with Gasteiger partial charge in [-0.2, -0.15) is 0 Å². The number of carbonyl (C=O) groups excluding carboxylic acids is 1. The molecule has 0 amide bonds. The van der Waals surface area contributed by atoms with E-state index in [2.05, 4.69) is 17.0 Å². The van der Waals surface area contributed by atoms with Crippen molar-refractivity contribution in [2.45, 2.75) is 37.2 Å². The Balaban J connectivity index is 0.00000225. The summed E-state index contributed by atoms with van der Waals surface area (Å²) < 4.78 is 11.3. The quantitative estimate of drug-likeness (QED) is 0.773. The van der Waals surface area contributed by atoms with Crippen molar-refractivity contribution in [3.63, 3.8) is 0 Å². The van der Waals surface area contributed by atoms with Crippen LogP contribution >= 0.6 is 12.4 Å². The van der Waals surface area contributed by atoms with E-state index < -0.39 is 11.4 Å². The van der Waals surface area contributed by atoms with E-state index in [-0.39, 0.29) is 31.0 Å². The highest BCUT2D eigenvalue weighted by Crippen LogP contribution is 2.47. The summed E-state index contributed by atoms with van der Waals surface area (Å²) in [6.45, 7) is 3.08. The smallest absolute Gasteiger partial charge is 0.200 e. The first-order valence-electron chi connectivity index (χ1n) is 9.38. The number of ketones is 1. The van der Waals surface area contributed by atoms with Crippen molar-refractivity contribution >= 4 is 18.2 Å². The number of hydrogen-bond acceptors (Lipinski definition) is 5. The van der Waals surface area contributed by atoms with Gasteiger partial charge in [-0.1, -0.05) is 60.7 Å². The van der Waals surface area contributed by atoms with Crippen LogP contribution < -0.4 is 0 Å². The van der Waals surface area contributed by atoms with E-state index in [0.717, 1.165) is 11.1 Å². The maximum absolute atomic E-state index is 12.6. The number of likely N-dealkylation sites (tertiary alicyclic amines) is 1. The molecule has 3 unspecified atom stereocenters. The Kier molecular flexibility index (Phi) is 6.22. The summed E-state index contributed by atoms with van der Waals surface area (Å²) in [5, 5.41) is 11.0. The zero-order chi connectivity index (χ0) is 18.9. The number of benzene rings is 2. The molecule has 2 aromatic carbocycles. The van der Waals surface area contributed by atoms with E-state index in [1.807, 2.05) is 55.5 Å². The van der Waals surface area contributed by atoms with Crippen LogP contribution in [0.4, 0.5) is 0 Å². The minimum Gasteiger partial charge on any atom is -0.363 e. The second-order valence-corrected chi connectivity index (χ2v) is 7.56. The molecule has 0 radical (unpaired) electrons. The molecule has 4 rings (SSSR count). The molecule has 2 heterocycles. The lowest BCUT2D eigenvalue weighted by atomic mass is 9.81. The zero-order valence-electron chi connectivity index (χ0n) is 15.9. The molecular weight excluding hydrogens is 378 g/mol. The summed E-state index contributed by atoms with van der Waals surface area (Å²) >= 11 is 0. The van der Waals surface area contributed by atoms with E-state index in [4.69, 9.17) is 9.47 Å². The molecular formula is C22H26ClNO4. The highest BCUT2D eigenvalue weighted by molar-refractivity contribution is 5.96. The van der Waals surface area contributed by atoms with Crippen LogP contribution in [0.2, 0.25) is 0 Å². The monoisotopic (exact) mass is 403 g/mol. The summed E-state index contributed by atoms with van der Waals surface area (Å²) in [7, 11) is 0. The van der Waals surface area contributed by atoms with Gasteiger partial charge in [0.2, 0.25) is 5.79 Å². The average Bonchev–Trinajstić information content (AvgIpc) is 3.00. The molecule has 0 aromatic heterocycles. The van der Waals surface area contributed by atoms with Crippen LogP contribution in [0.5, 0.6) is 0 Å². The van der Waals surface area contributed by atoms with Crippen LogP contribution in [-0.2, 0) is 9.47 Å². The minimum absolute atomic E-state index is 0. The fourth-order valence-electron chi connectivity index (χ4n) is 4.11. The second-order valence-electron chi connectivity index (χ2n) is 7.56. The van der Waals surface area contributed by atoms with Gasteiger partial charge in [0.15, 0.2) is 12.6 Å². The molecule has 3 atom stereocenters. The number of carbonyl (C=O) groups is 1. The number of nitrogens with zero attached hydrogens (tertiary/aromatic N) is 1. The first-order valence-corrected chi connectivity index (χ1v) is 9.38. The Morgan fingerprint density at radius 3 is 2.43 bits per heavy atom. The third-order valence-corrected chi connectivity index (χ3v) is 5.82. The molecule has 0 aliphatic carbocycles. The van der Waals surface area contributed by atoms with Crippen LogP contribution in [-0.4, -0.2) is 47.1 Å². The number of Topliss-reactive ketones (excluding diaryl/α,β-unsaturated/α-hetero) is 1. The van der Waals surface area contributed by atoms with Crippen LogP contribution in [0, 0.1) is 0 Å². The van der Waals surface area contributed by atoms with Gasteiger partial charge < -0.3 is 14.6 Å². The van der Waals surface area contributed by atoms with Gasteiger partial charge in [-0.05, 0) is 12.5 Å². The Morgan fingerprint density at radius 2 is 1.75 bits per heavy atom. The number of halogens is 1. The lowest BCUT2D eigenvalue weighted by Crippen LogP contribution is -2.62. The highest BCUT2D eigenvalue weighted by atomic mass is 35.5. The number of ether oxygens (including phenoxy) is 2. The summed E-state index contributed by atoms with van der Waals surface area (Å²) in [6, 6.07) is 19.4. The molecule has 2 aliphatic rings. The fraction of sp³-hybridized carbons (Fsp3) is 0.409. The van der Waals surface area contributed by atoms with Crippen molar-refractivity contribution in [2.75, 3.05) is 19.9 Å². The van der Waals surface area contributed by atoms with E-state index in [1.165, 1.54) is 0 Å². The molecule has 150 valence electrons. The summed E-state index contributed by atoms with van der Waals surface area (Å²) in [6.07, 6.45) is 0.829. The number of hydrogen-bond donors (Lipinski definition) is 1. The largest absolute Gasteiger partial charge is 0.363 e. The number of rotatable bonds is 5. The Hall–Kier alpha value is -1.76. The van der Waals surface area contributed by atoms with E-state index in [0.29, 0.717) is 25.9 Å². The first kappa shape index (κ1) is 21.0. The highest BCUT2D eigenvalue weighted by Gasteiger charge is 2.59. The Labute approximate surface area is 171 Å². The molecule has 2 fully saturated rings. The van der Waals surface area contributed by atoms with Crippen molar-refractivity contribution < 1.29 is 19.4 Å². The van der Waals surface area contributed by atoms with Crippen LogP contribution in [0.15, 0.2) is 60.7 Å². The maximum Gasteiger partial charge on any atom is 0.200 e. The third kappa shape index (κ3) is 3.86. The molecule has 2 aliphatic heterocycles. The van der Waals surface area contributed by atoms with Crippen molar-refractivity contribution in [2.24, 2.45) is 0 Å². The second kappa shape index (κ2) is 8.31. The Bertz CT molecular complexity index is 803. The van der Waals surface area contributed by atoms with Crippen molar-refractivity contribution in [3.05, 3.63) is 71.8 Å². The third-order valence-electron chi connectivity index (χ3n) is 5.82. The van der Waals surface area contributed by atoms with Gasteiger partial charge in [0.05, 0.1) is 0 Å². The molecule has 5 nitrogen and oxygen atoms in total. The van der Waals surface area contributed by atoms with E-state index in [9.17, 15) is 9.90 Å². The average molecular weight is 404 g/mol. The molecule has 28 heavy (non-hydrogen) atoms. The maximum atomic E-state index is 12.6.